The van der Waals surface area contributed by atoms with E-state index in [0.717, 1.165) is 10.9 Å². The van der Waals surface area contributed by atoms with Crippen molar-refractivity contribution in [2.45, 2.75) is 18.4 Å². The maximum atomic E-state index is 12.3. The third kappa shape index (κ3) is 3.70. The number of hydrogen-bond donors (Lipinski definition) is 2. The van der Waals surface area contributed by atoms with Gasteiger partial charge in [-0.1, -0.05) is 6.07 Å². The van der Waals surface area contributed by atoms with Crippen molar-refractivity contribution in [3.05, 3.63) is 50.1 Å². The lowest BCUT2D eigenvalue weighted by molar-refractivity contribution is 0.0696. The minimum atomic E-state index is -3.80. The van der Waals surface area contributed by atoms with Crippen LogP contribution in [0.15, 0.2) is 39.0 Å². The van der Waals surface area contributed by atoms with Crippen LogP contribution in [0.25, 0.3) is 0 Å². The summed E-state index contributed by atoms with van der Waals surface area (Å²) in [6, 6.07) is 6.22. The minimum absolute atomic E-state index is 0.0628. The molecule has 0 fully saturated rings. The second-order valence-electron chi connectivity index (χ2n) is 4.31. The van der Waals surface area contributed by atoms with Gasteiger partial charge in [-0.2, -0.15) is 0 Å². The van der Waals surface area contributed by atoms with Crippen molar-refractivity contribution in [2.24, 2.45) is 0 Å². The summed E-state index contributed by atoms with van der Waals surface area (Å²) >= 11 is 4.65. The van der Waals surface area contributed by atoms with Crippen LogP contribution in [0.5, 0.6) is 0 Å². The van der Waals surface area contributed by atoms with Crippen LogP contribution in [0.4, 0.5) is 0 Å². The van der Waals surface area contributed by atoms with Crippen molar-refractivity contribution in [1.82, 2.24) is 4.72 Å². The van der Waals surface area contributed by atoms with Gasteiger partial charge in [0.2, 0.25) is 10.0 Å². The Kier molecular flexibility index (Phi) is 4.82. The van der Waals surface area contributed by atoms with Crippen molar-refractivity contribution < 1.29 is 18.3 Å². The zero-order valence-electron chi connectivity index (χ0n) is 11.0. The monoisotopic (exact) mass is 389 g/mol. The quantitative estimate of drug-likeness (QED) is 0.822. The number of rotatable bonds is 5. The molecule has 0 amide bonds. The summed E-state index contributed by atoms with van der Waals surface area (Å²) in [4.78, 5) is 11.9. The Morgan fingerprint density at radius 2 is 2.14 bits per heavy atom. The third-order valence-corrected chi connectivity index (χ3v) is 6.39. The molecular formula is C13H12BrNO4S2. The first-order valence-electron chi connectivity index (χ1n) is 5.87. The first-order chi connectivity index (χ1) is 9.81. The highest BCUT2D eigenvalue weighted by Gasteiger charge is 2.21. The van der Waals surface area contributed by atoms with Crippen LogP contribution in [-0.2, 0) is 16.6 Å². The zero-order chi connectivity index (χ0) is 15.6. The molecule has 0 aliphatic rings. The Morgan fingerprint density at radius 3 is 2.71 bits per heavy atom. The van der Waals surface area contributed by atoms with Gasteiger partial charge < -0.3 is 5.11 Å². The Labute approximate surface area is 134 Å². The summed E-state index contributed by atoms with van der Waals surface area (Å²) < 4.78 is 27.5. The molecular weight excluding hydrogens is 378 g/mol. The Balaban J connectivity index is 2.37. The van der Waals surface area contributed by atoms with E-state index in [0.29, 0.717) is 10.0 Å². The fraction of sp³-hybridized carbons (Fsp3) is 0.154. The second kappa shape index (κ2) is 6.27. The lowest BCUT2D eigenvalue weighted by Gasteiger charge is -2.11. The molecule has 1 aromatic heterocycles. The minimum Gasteiger partial charge on any atom is -0.478 e. The van der Waals surface area contributed by atoms with Crippen LogP contribution >= 0.6 is 27.3 Å². The maximum absolute atomic E-state index is 12.3. The third-order valence-electron chi connectivity index (χ3n) is 2.77. The van der Waals surface area contributed by atoms with Crippen molar-refractivity contribution in [1.29, 1.82) is 0 Å². The van der Waals surface area contributed by atoms with Gasteiger partial charge in [-0.15, -0.1) is 11.3 Å². The van der Waals surface area contributed by atoms with Crippen LogP contribution in [0, 0.1) is 6.92 Å². The van der Waals surface area contributed by atoms with Crippen LogP contribution in [0.2, 0.25) is 0 Å². The number of carboxylic acids is 1. The lowest BCUT2D eigenvalue weighted by Crippen LogP contribution is -2.23. The average Bonchev–Trinajstić information content (AvgIpc) is 2.92. The molecule has 1 aromatic carbocycles. The second-order valence-corrected chi connectivity index (χ2v) is 7.87. The molecule has 0 spiro atoms. The van der Waals surface area contributed by atoms with E-state index >= 15 is 0 Å². The van der Waals surface area contributed by atoms with Gasteiger partial charge in [-0.25, -0.2) is 17.9 Å². The van der Waals surface area contributed by atoms with E-state index in [2.05, 4.69) is 20.7 Å². The summed E-state index contributed by atoms with van der Waals surface area (Å²) in [5.41, 5.74) is 0.485. The number of thiophene rings is 1. The van der Waals surface area contributed by atoms with Gasteiger partial charge >= 0.3 is 5.97 Å². The predicted octanol–water partition coefficient (Wildman–Crippen LogP) is 3.00. The number of hydrogen-bond acceptors (Lipinski definition) is 4. The van der Waals surface area contributed by atoms with Crippen LogP contribution in [-0.4, -0.2) is 19.5 Å². The summed E-state index contributed by atoms with van der Waals surface area (Å²) in [7, 11) is -3.80. The molecule has 112 valence electrons. The molecule has 8 heteroatoms. The van der Waals surface area contributed by atoms with Gasteiger partial charge in [-0.3, -0.25) is 0 Å². The summed E-state index contributed by atoms with van der Waals surface area (Å²) in [5.74, 6) is -1.17. The lowest BCUT2D eigenvalue weighted by atomic mass is 10.1. The van der Waals surface area contributed by atoms with Crippen molar-refractivity contribution >= 4 is 43.3 Å². The van der Waals surface area contributed by atoms with E-state index < -0.39 is 16.0 Å². The standard InChI is InChI=1S/C13H12BrNO4S2/c1-8-5-9(13(16)17)6-11(12(8)14)21(18,19)15-7-10-3-2-4-20-10/h2-6,15H,7H2,1H3,(H,16,17). The normalized spacial score (nSPS) is 11.5. The first-order valence-corrected chi connectivity index (χ1v) is 9.02. The zero-order valence-corrected chi connectivity index (χ0v) is 14.2. The molecule has 2 aromatic rings. The van der Waals surface area contributed by atoms with Gasteiger partial charge in [0.25, 0.3) is 0 Å². The topological polar surface area (TPSA) is 83.5 Å². The molecule has 0 unspecified atom stereocenters. The molecule has 0 atom stereocenters. The van der Waals surface area contributed by atoms with Crippen LogP contribution in [0.1, 0.15) is 20.8 Å². The highest BCUT2D eigenvalue weighted by molar-refractivity contribution is 9.10. The van der Waals surface area contributed by atoms with Crippen molar-refractivity contribution in [3.63, 3.8) is 0 Å². The number of carbonyl (C=O) groups is 1. The van der Waals surface area contributed by atoms with Gasteiger partial charge in [0, 0.05) is 15.9 Å². The largest absolute Gasteiger partial charge is 0.478 e. The van der Waals surface area contributed by atoms with Gasteiger partial charge in [-0.05, 0) is 52.0 Å². The molecule has 0 aliphatic carbocycles. The van der Waals surface area contributed by atoms with Crippen molar-refractivity contribution in [3.8, 4) is 0 Å². The van der Waals surface area contributed by atoms with Crippen LogP contribution in [0.3, 0.4) is 0 Å². The summed E-state index contributed by atoms with van der Waals surface area (Å²) in [5, 5.41) is 10.9. The van der Waals surface area contributed by atoms with Gasteiger partial charge in [0.1, 0.15) is 0 Å². The molecule has 0 saturated heterocycles. The number of halogens is 1. The molecule has 1 heterocycles. The number of sulfonamides is 1. The molecule has 0 radical (unpaired) electrons. The number of nitrogens with one attached hydrogen (secondary N) is 1. The molecule has 5 nitrogen and oxygen atoms in total. The average molecular weight is 390 g/mol. The first kappa shape index (κ1) is 16.2. The molecule has 0 saturated carbocycles. The summed E-state index contributed by atoms with van der Waals surface area (Å²) in [6.07, 6.45) is 0. The Morgan fingerprint density at radius 1 is 1.43 bits per heavy atom. The van der Waals surface area contributed by atoms with Crippen molar-refractivity contribution in [2.75, 3.05) is 0 Å². The highest BCUT2D eigenvalue weighted by atomic mass is 79.9. The summed E-state index contributed by atoms with van der Waals surface area (Å²) in [6.45, 7) is 1.82. The van der Waals surface area contributed by atoms with E-state index in [1.165, 1.54) is 17.4 Å². The number of carboxylic acid groups (broad SMARTS) is 1. The fourth-order valence-electron chi connectivity index (χ4n) is 1.71. The van der Waals surface area contributed by atoms with E-state index in [-0.39, 0.29) is 17.0 Å². The molecule has 2 rings (SSSR count). The smallest absolute Gasteiger partial charge is 0.335 e. The molecule has 2 N–H and O–H groups in total. The van der Waals surface area contributed by atoms with E-state index in [1.54, 1.807) is 6.92 Å². The SMILES string of the molecule is Cc1cc(C(=O)O)cc(S(=O)(=O)NCc2cccs2)c1Br. The van der Waals surface area contributed by atoms with Crippen LogP contribution < -0.4 is 4.72 Å². The van der Waals surface area contributed by atoms with E-state index in [9.17, 15) is 13.2 Å². The van der Waals surface area contributed by atoms with Gasteiger partial charge in [0.05, 0.1) is 10.5 Å². The molecule has 0 bridgehead atoms. The molecule has 0 aliphatic heterocycles. The Bertz CT molecular complexity index is 770. The molecule has 21 heavy (non-hydrogen) atoms. The Hall–Kier alpha value is -1.22. The highest BCUT2D eigenvalue weighted by Crippen LogP contribution is 2.27. The number of aromatic carboxylic acids is 1. The number of aryl methyl sites for hydroxylation is 1. The van der Waals surface area contributed by atoms with E-state index in [1.807, 2.05) is 17.5 Å². The fourth-order valence-corrected chi connectivity index (χ4v) is 4.50. The number of benzene rings is 1. The van der Waals surface area contributed by atoms with Gasteiger partial charge in [0.15, 0.2) is 0 Å². The predicted molar refractivity (Wildman–Crippen MR) is 84.2 cm³/mol. The van der Waals surface area contributed by atoms with E-state index in [4.69, 9.17) is 5.11 Å². The maximum Gasteiger partial charge on any atom is 0.335 e.